The molecule has 3 aromatic heterocycles. The van der Waals surface area contributed by atoms with Gasteiger partial charge in [0.2, 0.25) is 0 Å². The highest BCUT2D eigenvalue weighted by Crippen LogP contribution is 2.32. The van der Waals surface area contributed by atoms with E-state index < -0.39 is 23.2 Å². The van der Waals surface area contributed by atoms with Crippen LogP contribution in [0, 0.1) is 6.92 Å². The molecule has 0 aromatic carbocycles. The van der Waals surface area contributed by atoms with Crippen molar-refractivity contribution in [2.45, 2.75) is 45.8 Å². The number of amides is 1. The van der Waals surface area contributed by atoms with Gasteiger partial charge in [-0.3, -0.25) is 9.48 Å². The quantitative estimate of drug-likeness (QED) is 0.741. The molecule has 1 amide bonds. The monoisotopic (exact) mass is 394 g/mol. The first kappa shape index (κ1) is 19.8. The van der Waals surface area contributed by atoms with Crippen LogP contribution in [-0.4, -0.2) is 30.3 Å². The van der Waals surface area contributed by atoms with E-state index in [0.29, 0.717) is 4.52 Å². The lowest BCUT2D eigenvalue weighted by atomic mass is 9.91. The van der Waals surface area contributed by atoms with Crippen molar-refractivity contribution in [2.75, 3.05) is 0 Å². The highest BCUT2D eigenvalue weighted by Gasteiger charge is 2.36. The summed E-state index contributed by atoms with van der Waals surface area (Å²) in [5.41, 5.74) is 0.118. The Morgan fingerprint density at radius 3 is 2.39 bits per heavy atom. The lowest BCUT2D eigenvalue weighted by Crippen LogP contribution is -2.24. The molecule has 0 spiro atoms. The van der Waals surface area contributed by atoms with Crippen LogP contribution in [0.15, 0.2) is 18.3 Å². The van der Waals surface area contributed by atoms with Gasteiger partial charge in [0, 0.05) is 36.8 Å². The molecule has 28 heavy (non-hydrogen) atoms. The van der Waals surface area contributed by atoms with Crippen molar-refractivity contribution < 1.29 is 18.0 Å². The van der Waals surface area contributed by atoms with Crippen LogP contribution in [0.5, 0.6) is 0 Å². The van der Waals surface area contributed by atoms with Gasteiger partial charge in [-0.25, -0.2) is 9.50 Å². The molecular weight excluding hydrogens is 373 g/mol. The molecule has 3 rings (SSSR count). The maximum Gasteiger partial charge on any atom is 0.433 e. The van der Waals surface area contributed by atoms with Crippen molar-refractivity contribution in [1.29, 1.82) is 0 Å². The van der Waals surface area contributed by atoms with E-state index in [1.165, 1.54) is 6.07 Å². The van der Waals surface area contributed by atoms with E-state index in [-0.39, 0.29) is 23.6 Å². The molecule has 1 N–H and O–H groups in total. The molecule has 150 valence electrons. The van der Waals surface area contributed by atoms with Crippen molar-refractivity contribution in [2.24, 2.45) is 7.05 Å². The average Bonchev–Trinajstić information content (AvgIpc) is 3.12. The Kier molecular flexibility index (Phi) is 4.68. The van der Waals surface area contributed by atoms with Crippen LogP contribution >= 0.6 is 0 Å². The third-order valence-electron chi connectivity index (χ3n) is 4.27. The maximum absolute atomic E-state index is 13.5. The summed E-state index contributed by atoms with van der Waals surface area (Å²) in [4.78, 5) is 16.7. The number of hydrogen-bond donors (Lipinski definition) is 1. The number of aromatic nitrogens is 5. The van der Waals surface area contributed by atoms with E-state index >= 15 is 0 Å². The second-order valence-corrected chi connectivity index (χ2v) is 7.67. The lowest BCUT2D eigenvalue weighted by molar-refractivity contribution is -0.142. The standard InChI is InChI=1S/C18H21F3N6O/c1-10-11(9-26(5)24-10)8-22-16(28)12-6-15-23-13(17(2,3)4)7-14(18(19,20)21)27(15)25-12/h6-7,9H,8H2,1-5H3,(H,22,28). The number of nitrogens with zero attached hydrogens (tertiary/aromatic N) is 5. The van der Waals surface area contributed by atoms with E-state index in [4.69, 9.17) is 0 Å². The molecule has 0 aliphatic carbocycles. The normalized spacial score (nSPS) is 12.6. The van der Waals surface area contributed by atoms with E-state index in [0.717, 1.165) is 17.3 Å². The molecule has 7 nitrogen and oxygen atoms in total. The summed E-state index contributed by atoms with van der Waals surface area (Å²) in [6, 6.07) is 2.23. The highest BCUT2D eigenvalue weighted by atomic mass is 19.4. The van der Waals surface area contributed by atoms with E-state index in [9.17, 15) is 18.0 Å². The zero-order valence-electron chi connectivity index (χ0n) is 16.2. The van der Waals surface area contributed by atoms with Gasteiger partial charge in [-0.05, 0) is 13.0 Å². The third-order valence-corrected chi connectivity index (χ3v) is 4.27. The van der Waals surface area contributed by atoms with Crippen LogP contribution in [0.2, 0.25) is 0 Å². The molecule has 0 saturated heterocycles. The zero-order valence-corrected chi connectivity index (χ0v) is 16.2. The summed E-state index contributed by atoms with van der Waals surface area (Å²) < 4.78 is 42.8. The first-order valence-electron chi connectivity index (χ1n) is 8.62. The first-order chi connectivity index (χ1) is 12.9. The van der Waals surface area contributed by atoms with Gasteiger partial charge in [0.25, 0.3) is 5.91 Å². The smallest absolute Gasteiger partial charge is 0.346 e. The van der Waals surface area contributed by atoms with Crippen LogP contribution in [0.3, 0.4) is 0 Å². The fourth-order valence-corrected chi connectivity index (χ4v) is 2.76. The molecular formula is C18H21F3N6O. The topological polar surface area (TPSA) is 77.1 Å². The predicted octanol–water partition coefficient (Wildman–Crippen LogP) is 3.02. The number of fused-ring (bicyclic) bond motifs is 1. The van der Waals surface area contributed by atoms with Gasteiger partial charge in [0.05, 0.1) is 11.4 Å². The SMILES string of the molecule is Cc1nn(C)cc1CNC(=O)c1cc2nc(C(C)(C)C)cc(C(F)(F)F)n2n1. The summed E-state index contributed by atoms with van der Waals surface area (Å²) in [7, 11) is 1.76. The Hall–Kier alpha value is -2.91. The minimum absolute atomic E-state index is 0.0255. The molecule has 3 aromatic rings. The fraction of sp³-hybridized carbons (Fsp3) is 0.444. The first-order valence-corrected chi connectivity index (χ1v) is 8.62. The number of rotatable bonds is 3. The molecule has 0 radical (unpaired) electrons. The molecule has 0 atom stereocenters. The summed E-state index contributed by atoms with van der Waals surface area (Å²) >= 11 is 0. The Balaban J connectivity index is 1.96. The van der Waals surface area contributed by atoms with Crippen LogP contribution in [0.1, 0.15) is 53.9 Å². The van der Waals surface area contributed by atoms with Crippen LogP contribution in [-0.2, 0) is 25.2 Å². The van der Waals surface area contributed by atoms with Crippen LogP contribution in [0.4, 0.5) is 13.2 Å². The van der Waals surface area contributed by atoms with Gasteiger partial charge >= 0.3 is 6.18 Å². The fourth-order valence-electron chi connectivity index (χ4n) is 2.76. The number of aryl methyl sites for hydroxylation is 2. The predicted molar refractivity (Wildman–Crippen MR) is 95.8 cm³/mol. The molecule has 0 fully saturated rings. The second kappa shape index (κ2) is 6.61. The molecule has 0 saturated carbocycles. The van der Waals surface area contributed by atoms with Crippen LogP contribution < -0.4 is 5.32 Å². The van der Waals surface area contributed by atoms with Crippen molar-refractivity contribution in [1.82, 2.24) is 29.7 Å². The molecule has 0 aliphatic heterocycles. The lowest BCUT2D eigenvalue weighted by Gasteiger charge is -2.19. The van der Waals surface area contributed by atoms with Crippen molar-refractivity contribution in [3.05, 3.63) is 46.7 Å². The summed E-state index contributed by atoms with van der Waals surface area (Å²) in [5.74, 6) is -0.584. The van der Waals surface area contributed by atoms with Crippen molar-refractivity contribution in [3.8, 4) is 0 Å². The molecule has 0 bridgehead atoms. The van der Waals surface area contributed by atoms with Gasteiger partial charge in [-0.15, -0.1) is 0 Å². The largest absolute Gasteiger partial charge is 0.433 e. The molecule has 3 heterocycles. The Labute approximate surface area is 159 Å². The van der Waals surface area contributed by atoms with Gasteiger partial charge < -0.3 is 5.32 Å². The summed E-state index contributed by atoms with van der Waals surface area (Å²) in [6.45, 7) is 7.31. The number of halogens is 3. The molecule has 10 heteroatoms. The second-order valence-electron chi connectivity index (χ2n) is 7.67. The number of alkyl halides is 3. The third kappa shape index (κ3) is 3.85. The molecule has 0 aliphatic rings. The zero-order chi connectivity index (χ0) is 20.9. The Bertz CT molecular complexity index is 1040. The van der Waals surface area contributed by atoms with Gasteiger partial charge in [-0.1, -0.05) is 20.8 Å². The van der Waals surface area contributed by atoms with Crippen molar-refractivity contribution in [3.63, 3.8) is 0 Å². The van der Waals surface area contributed by atoms with E-state index in [1.54, 1.807) is 45.6 Å². The van der Waals surface area contributed by atoms with Gasteiger partial charge in [0.1, 0.15) is 5.69 Å². The van der Waals surface area contributed by atoms with Crippen molar-refractivity contribution >= 4 is 11.6 Å². The van der Waals surface area contributed by atoms with Crippen LogP contribution in [0.25, 0.3) is 5.65 Å². The summed E-state index contributed by atoms with van der Waals surface area (Å²) in [6.07, 6.45) is -2.87. The minimum Gasteiger partial charge on any atom is -0.346 e. The minimum atomic E-state index is -4.63. The summed E-state index contributed by atoms with van der Waals surface area (Å²) in [5, 5.41) is 10.7. The van der Waals surface area contributed by atoms with Gasteiger partial charge in [-0.2, -0.15) is 23.4 Å². The Morgan fingerprint density at radius 2 is 1.86 bits per heavy atom. The number of carbonyl (C=O) groups excluding carboxylic acids is 1. The highest BCUT2D eigenvalue weighted by molar-refractivity contribution is 5.93. The number of carbonyl (C=O) groups is 1. The van der Waals surface area contributed by atoms with E-state index in [2.05, 4.69) is 20.5 Å². The number of hydrogen-bond acceptors (Lipinski definition) is 4. The molecule has 0 unspecified atom stereocenters. The maximum atomic E-state index is 13.5. The number of nitrogens with one attached hydrogen (secondary N) is 1. The Morgan fingerprint density at radius 1 is 1.18 bits per heavy atom. The average molecular weight is 394 g/mol. The van der Waals surface area contributed by atoms with E-state index in [1.807, 2.05) is 0 Å². The van der Waals surface area contributed by atoms with Gasteiger partial charge in [0.15, 0.2) is 11.3 Å².